The van der Waals surface area contributed by atoms with Crippen LogP contribution in [0.25, 0.3) is 0 Å². The number of amides is 1. The van der Waals surface area contributed by atoms with Gasteiger partial charge in [-0.15, -0.1) is 0 Å². The quantitative estimate of drug-likeness (QED) is 0.807. The molecule has 166 valence electrons. The summed E-state index contributed by atoms with van der Waals surface area (Å²) in [5.41, 5.74) is 2.62. The van der Waals surface area contributed by atoms with E-state index >= 15 is 0 Å². The molecule has 2 aromatic rings. The van der Waals surface area contributed by atoms with E-state index in [1.165, 1.54) is 0 Å². The fraction of sp³-hybridized carbons (Fsp3) is 0.565. The molecule has 8 heteroatoms. The number of aliphatic hydroxyl groups is 1. The summed E-state index contributed by atoms with van der Waals surface area (Å²) in [4.78, 5) is 32.5. The molecule has 4 rings (SSSR count). The first-order chi connectivity index (χ1) is 14.8. The summed E-state index contributed by atoms with van der Waals surface area (Å²) in [6.07, 6.45) is 5.34. The lowest BCUT2D eigenvalue weighted by atomic mass is 9.71. The van der Waals surface area contributed by atoms with Crippen molar-refractivity contribution in [2.75, 3.05) is 50.1 Å². The summed E-state index contributed by atoms with van der Waals surface area (Å²) in [5.74, 6) is 1.66. The van der Waals surface area contributed by atoms with E-state index in [9.17, 15) is 9.90 Å². The van der Waals surface area contributed by atoms with Crippen LogP contribution in [0, 0.1) is 19.3 Å². The van der Waals surface area contributed by atoms with Gasteiger partial charge in [0.15, 0.2) is 0 Å². The van der Waals surface area contributed by atoms with Gasteiger partial charge in [0.05, 0.1) is 11.7 Å². The van der Waals surface area contributed by atoms with Gasteiger partial charge in [-0.25, -0.2) is 4.98 Å². The lowest BCUT2D eigenvalue weighted by Gasteiger charge is -2.49. The number of nitrogens with zero attached hydrogens (tertiary/aromatic N) is 6. The van der Waals surface area contributed by atoms with Gasteiger partial charge in [0.2, 0.25) is 5.95 Å². The van der Waals surface area contributed by atoms with Crippen LogP contribution in [0.4, 0.5) is 11.8 Å². The third-order valence-electron chi connectivity index (χ3n) is 6.70. The van der Waals surface area contributed by atoms with Gasteiger partial charge in [-0.1, -0.05) is 0 Å². The van der Waals surface area contributed by atoms with Crippen LogP contribution >= 0.6 is 0 Å². The highest BCUT2D eigenvalue weighted by Crippen LogP contribution is 2.41. The van der Waals surface area contributed by atoms with Gasteiger partial charge in [0.25, 0.3) is 5.91 Å². The van der Waals surface area contributed by atoms with E-state index < -0.39 is 6.10 Å². The van der Waals surface area contributed by atoms with Gasteiger partial charge in [0.1, 0.15) is 5.82 Å². The Morgan fingerprint density at radius 1 is 1.23 bits per heavy atom. The zero-order chi connectivity index (χ0) is 22.2. The second kappa shape index (κ2) is 8.42. The predicted octanol–water partition coefficient (Wildman–Crippen LogP) is 2.05. The first-order valence-electron chi connectivity index (χ1n) is 10.9. The number of likely N-dealkylation sites (tertiary alicyclic amines) is 1. The molecule has 31 heavy (non-hydrogen) atoms. The van der Waals surface area contributed by atoms with E-state index in [0.29, 0.717) is 18.7 Å². The lowest BCUT2D eigenvalue weighted by Crippen LogP contribution is -2.55. The Balaban J connectivity index is 1.50. The van der Waals surface area contributed by atoms with Crippen molar-refractivity contribution in [3.63, 3.8) is 0 Å². The Morgan fingerprint density at radius 3 is 2.61 bits per heavy atom. The second-order valence-corrected chi connectivity index (χ2v) is 9.22. The molecule has 2 aromatic heterocycles. The largest absolute Gasteiger partial charge is 0.391 e. The number of pyridine rings is 1. The maximum atomic E-state index is 13.0. The molecule has 1 atom stereocenters. The maximum Gasteiger partial charge on any atom is 0.255 e. The molecule has 2 saturated heterocycles. The molecule has 0 aliphatic carbocycles. The van der Waals surface area contributed by atoms with Crippen LogP contribution < -0.4 is 9.80 Å². The molecule has 0 saturated carbocycles. The van der Waals surface area contributed by atoms with Crippen molar-refractivity contribution >= 4 is 17.7 Å². The van der Waals surface area contributed by atoms with Crippen molar-refractivity contribution in [3.8, 4) is 0 Å². The molecule has 0 aromatic carbocycles. The van der Waals surface area contributed by atoms with E-state index in [2.05, 4.69) is 21.8 Å². The van der Waals surface area contributed by atoms with Gasteiger partial charge in [-0.3, -0.25) is 9.78 Å². The van der Waals surface area contributed by atoms with Gasteiger partial charge < -0.3 is 19.8 Å². The Bertz CT molecular complexity index is 941. The number of anilines is 2. The topological polar surface area (TPSA) is 85.7 Å². The van der Waals surface area contributed by atoms with Crippen LogP contribution in [-0.2, 0) is 0 Å². The minimum Gasteiger partial charge on any atom is -0.391 e. The van der Waals surface area contributed by atoms with Crippen LogP contribution in [0.1, 0.15) is 40.9 Å². The molecule has 1 unspecified atom stereocenters. The molecule has 2 aliphatic rings. The van der Waals surface area contributed by atoms with Gasteiger partial charge in [0, 0.05) is 63.9 Å². The maximum absolute atomic E-state index is 13.0. The van der Waals surface area contributed by atoms with E-state index in [-0.39, 0.29) is 11.3 Å². The minimum atomic E-state index is -0.496. The van der Waals surface area contributed by atoms with Crippen molar-refractivity contribution in [1.29, 1.82) is 0 Å². The highest BCUT2D eigenvalue weighted by molar-refractivity contribution is 5.94. The standard InChI is InChI=1S/C23H32N6O2/c1-16-17(2)25-22(27(3)4)26-20(16)28-10-7-23(8-11-28)12-19(30)14-29(15-23)21(31)18-6-5-9-24-13-18/h5-6,9,13,19,30H,7-8,10-12,14-15H2,1-4H3. The van der Waals surface area contributed by atoms with Crippen LogP contribution in [0.3, 0.4) is 0 Å². The fourth-order valence-electron chi connectivity index (χ4n) is 4.84. The van der Waals surface area contributed by atoms with Gasteiger partial charge >= 0.3 is 0 Å². The fourth-order valence-corrected chi connectivity index (χ4v) is 4.84. The normalized spacial score (nSPS) is 20.7. The van der Waals surface area contributed by atoms with Crippen LogP contribution in [-0.4, -0.2) is 77.2 Å². The van der Waals surface area contributed by atoms with Crippen molar-refractivity contribution in [2.24, 2.45) is 5.41 Å². The third kappa shape index (κ3) is 4.35. The number of carbonyl (C=O) groups excluding carboxylic acids is 1. The highest BCUT2D eigenvalue weighted by Gasteiger charge is 2.43. The number of hydrogen-bond donors (Lipinski definition) is 1. The smallest absolute Gasteiger partial charge is 0.255 e. The number of β-amino-alcohol motifs (C(OH)–C–C–N with tert-alkyl or cyclic N) is 1. The number of aliphatic hydroxyl groups excluding tert-OH is 1. The number of rotatable bonds is 3. The molecule has 8 nitrogen and oxygen atoms in total. The van der Waals surface area contributed by atoms with Crippen molar-refractivity contribution in [1.82, 2.24) is 19.9 Å². The summed E-state index contributed by atoms with van der Waals surface area (Å²) >= 11 is 0. The molecule has 0 radical (unpaired) electrons. The summed E-state index contributed by atoms with van der Waals surface area (Å²) in [5, 5.41) is 10.6. The van der Waals surface area contributed by atoms with Crippen LogP contribution in [0.5, 0.6) is 0 Å². The average Bonchev–Trinajstić information content (AvgIpc) is 2.75. The molecular weight excluding hydrogens is 392 g/mol. The Kier molecular flexibility index (Phi) is 5.83. The first kappa shape index (κ1) is 21.5. The predicted molar refractivity (Wildman–Crippen MR) is 120 cm³/mol. The molecule has 4 heterocycles. The zero-order valence-corrected chi connectivity index (χ0v) is 18.9. The Labute approximate surface area is 183 Å². The summed E-state index contributed by atoms with van der Waals surface area (Å²) < 4.78 is 0. The van der Waals surface area contributed by atoms with Crippen molar-refractivity contribution < 1.29 is 9.90 Å². The Hall–Kier alpha value is -2.74. The monoisotopic (exact) mass is 424 g/mol. The molecule has 0 bridgehead atoms. The van der Waals surface area contributed by atoms with Crippen LogP contribution in [0.15, 0.2) is 24.5 Å². The van der Waals surface area contributed by atoms with E-state index in [0.717, 1.165) is 55.4 Å². The average molecular weight is 425 g/mol. The summed E-state index contributed by atoms with van der Waals surface area (Å²) in [6, 6.07) is 3.56. The third-order valence-corrected chi connectivity index (χ3v) is 6.70. The number of aromatic nitrogens is 3. The summed E-state index contributed by atoms with van der Waals surface area (Å²) in [6.45, 7) is 6.87. The van der Waals surface area contributed by atoms with Gasteiger partial charge in [-0.05, 0) is 50.7 Å². The zero-order valence-electron chi connectivity index (χ0n) is 18.9. The number of piperidine rings is 2. The SMILES string of the molecule is Cc1nc(N(C)C)nc(N2CCC3(CC2)CC(O)CN(C(=O)c2cccnc2)C3)c1C. The summed E-state index contributed by atoms with van der Waals surface area (Å²) in [7, 11) is 3.91. The molecular formula is C23H32N6O2. The molecule has 2 aliphatic heterocycles. The van der Waals surface area contributed by atoms with Crippen molar-refractivity contribution in [2.45, 2.75) is 39.2 Å². The number of carbonyl (C=O) groups is 1. The van der Waals surface area contributed by atoms with E-state index in [4.69, 9.17) is 4.98 Å². The van der Waals surface area contributed by atoms with Crippen molar-refractivity contribution in [3.05, 3.63) is 41.3 Å². The minimum absolute atomic E-state index is 0.0495. The number of hydrogen-bond acceptors (Lipinski definition) is 7. The molecule has 2 fully saturated rings. The van der Waals surface area contributed by atoms with E-state index in [1.807, 2.05) is 30.8 Å². The van der Waals surface area contributed by atoms with Crippen LogP contribution in [0.2, 0.25) is 0 Å². The number of aryl methyl sites for hydroxylation is 1. The first-order valence-corrected chi connectivity index (χ1v) is 10.9. The molecule has 1 amide bonds. The lowest BCUT2D eigenvalue weighted by molar-refractivity contribution is -0.0150. The van der Waals surface area contributed by atoms with Gasteiger partial charge in [-0.2, -0.15) is 4.98 Å². The molecule has 1 spiro atoms. The van der Waals surface area contributed by atoms with E-state index in [1.54, 1.807) is 24.5 Å². The molecule has 1 N–H and O–H groups in total. The Morgan fingerprint density at radius 2 is 1.97 bits per heavy atom. The second-order valence-electron chi connectivity index (χ2n) is 9.22. The highest BCUT2D eigenvalue weighted by atomic mass is 16.3.